The number of ether oxygens (including phenoxy) is 1. The van der Waals surface area contributed by atoms with Gasteiger partial charge < -0.3 is 10.1 Å². The smallest absolute Gasteiger partial charge is 0.292 e. The minimum atomic E-state index is -0.364. The van der Waals surface area contributed by atoms with Crippen LogP contribution in [0.5, 0.6) is 0 Å². The Labute approximate surface area is 93.6 Å². The molecule has 1 atom stereocenters. The Kier molecular flexibility index (Phi) is 3.05. The van der Waals surface area contributed by atoms with Gasteiger partial charge in [0.05, 0.1) is 17.6 Å². The molecule has 1 aromatic rings. The third-order valence-corrected chi connectivity index (χ3v) is 2.64. The zero-order valence-electron chi connectivity index (χ0n) is 9.10. The van der Waals surface area contributed by atoms with Crippen molar-refractivity contribution in [1.29, 1.82) is 0 Å². The van der Waals surface area contributed by atoms with Gasteiger partial charge in [0.2, 0.25) is 0 Å². The van der Waals surface area contributed by atoms with E-state index in [-0.39, 0.29) is 16.7 Å². The van der Waals surface area contributed by atoms with Gasteiger partial charge in [0.15, 0.2) is 0 Å². The maximum Gasteiger partial charge on any atom is 0.292 e. The summed E-state index contributed by atoms with van der Waals surface area (Å²) in [6, 6.07) is 5.26. The molecule has 0 radical (unpaired) electrons. The summed E-state index contributed by atoms with van der Waals surface area (Å²) in [5, 5.41) is 14.0. The van der Waals surface area contributed by atoms with Crippen molar-refractivity contribution in [3.8, 4) is 0 Å². The Hall–Kier alpha value is -1.62. The number of nitro benzene ring substituents is 1. The summed E-state index contributed by atoms with van der Waals surface area (Å²) in [5.74, 6) is 0. The lowest BCUT2D eigenvalue weighted by Gasteiger charge is -2.12. The Morgan fingerprint density at radius 2 is 2.38 bits per heavy atom. The second-order valence-corrected chi connectivity index (χ2v) is 3.98. The van der Waals surface area contributed by atoms with Gasteiger partial charge in [0, 0.05) is 12.7 Å². The van der Waals surface area contributed by atoms with Crippen molar-refractivity contribution >= 4 is 11.4 Å². The molecule has 1 aliphatic heterocycles. The molecule has 1 aromatic carbocycles. The maximum absolute atomic E-state index is 10.8. The van der Waals surface area contributed by atoms with Crippen LogP contribution in [-0.2, 0) is 4.74 Å². The van der Waals surface area contributed by atoms with Gasteiger partial charge >= 0.3 is 0 Å². The van der Waals surface area contributed by atoms with E-state index in [1.807, 2.05) is 6.92 Å². The summed E-state index contributed by atoms with van der Waals surface area (Å²) >= 11 is 0. The van der Waals surface area contributed by atoms with Crippen LogP contribution in [-0.4, -0.2) is 24.2 Å². The van der Waals surface area contributed by atoms with E-state index in [1.165, 1.54) is 6.07 Å². The summed E-state index contributed by atoms with van der Waals surface area (Å²) in [6.45, 7) is 3.25. The molecule has 0 saturated carbocycles. The van der Waals surface area contributed by atoms with Gasteiger partial charge in [-0.25, -0.2) is 0 Å². The van der Waals surface area contributed by atoms with E-state index in [0.717, 1.165) is 18.6 Å². The van der Waals surface area contributed by atoms with E-state index in [1.54, 1.807) is 12.1 Å². The summed E-state index contributed by atoms with van der Waals surface area (Å²) in [4.78, 5) is 10.5. The molecule has 1 heterocycles. The molecule has 0 bridgehead atoms. The van der Waals surface area contributed by atoms with Gasteiger partial charge in [-0.2, -0.15) is 0 Å². The first-order valence-corrected chi connectivity index (χ1v) is 5.26. The molecule has 0 amide bonds. The van der Waals surface area contributed by atoms with Gasteiger partial charge in [-0.1, -0.05) is 6.07 Å². The molecule has 5 nitrogen and oxygen atoms in total. The fraction of sp³-hybridized carbons (Fsp3) is 0.455. The third kappa shape index (κ3) is 2.30. The highest BCUT2D eigenvalue weighted by Gasteiger charge is 2.20. The molecule has 0 aromatic heterocycles. The molecule has 1 unspecified atom stereocenters. The summed E-state index contributed by atoms with van der Waals surface area (Å²) in [7, 11) is 0. The number of nitrogens with one attached hydrogen (secondary N) is 1. The molecular formula is C11H14N2O3. The molecule has 5 heteroatoms. The van der Waals surface area contributed by atoms with Crippen molar-refractivity contribution in [3.63, 3.8) is 0 Å². The molecular weight excluding hydrogens is 208 g/mol. The van der Waals surface area contributed by atoms with E-state index >= 15 is 0 Å². The van der Waals surface area contributed by atoms with E-state index in [9.17, 15) is 10.1 Å². The van der Waals surface area contributed by atoms with Crippen molar-refractivity contribution in [2.45, 2.75) is 19.4 Å². The lowest BCUT2D eigenvalue weighted by atomic mass is 10.1. The molecule has 0 spiro atoms. The summed E-state index contributed by atoms with van der Waals surface area (Å²) in [5.41, 5.74) is 1.71. The topological polar surface area (TPSA) is 64.4 Å². The third-order valence-electron chi connectivity index (χ3n) is 2.64. The van der Waals surface area contributed by atoms with Crippen molar-refractivity contribution in [2.75, 3.05) is 18.5 Å². The van der Waals surface area contributed by atoms with E-state index in [2.05, 4.69) is 5.32 Å². The van der Waals surface area contributed by atoms with Crippen molar-refractivity contribution in [3.05, 3.63) is 33.9 Å². The van der Waals surface area contributed by atoms with Gasteiger partial charge in [-0.3, -0.25) is 10.1 Å². The Morgan fingerprint density at radius 1 is 1.56 bits per heavy atom. The molecule has 2 rings (SSSR count). The highest BCUT2D eigenvalue weighted by Crippen LogP contribution is 2.26. The van der Waals surface area contributed by atoms with Gasteiger partial charge in [0.1, 0.15) is 5.69 Å². The standard InChI is InChI=1S/C11H14N2O3/c1-8-2-3-11(13(14)15)10(6-8)12-9-4-5-16-7-9/h2-3,6,9,12H,4-5,7H2,1H3. The van der Waals surface area contributed by atoms with E-state index in [4.69, 9.17) is 4.74 Å². The number of benzene rings is 1. The van der Waals surface area contributed by atoms with Gasteiger partial charge in [-0.05, 0) is 25.0 Å². The number of hydrogen-bond acceptors (Lipinski definition) is 4. The normalized spacial score (nSPS) is 19.7. The second-order valence-electron chi connectivity index (χ2n) is 3.98. The van der Waals surface area contributed by atoms with Crippen LogP contribution in [0.25, 0.3) is 0 Å². The molecule has 16 heavy (non-hydrogen) atoms. The maximum atomic E-state index is 10.8. The molecule has 1 fully saturated rings. The fourth-order valence-electron chi connectivity index (χ4n) is 1.79. The molecule has 1 aliphatic rings. The quantitative estimate of drug-likeness (QED) is 0.628. The first kappa shape index (κ1) is 10.9. The summed E-state index contributed by atoms with van der Waals surface area (Å²) in [6.07, 6.45) is 0.894. The summed E-state index contributed by atoms with van der Waals surface area (Å²) < 4.78 is 5.23. The monoisotopic (exact) mass is 222 g/mol. The van der Waals surface area contributed by atoms with Crippen LogP contribution >= 0.6 is 0 Å². The fourth-order valence-corrected chi connectivity index (χ4v) is 1.79. The minimum absolute atomic E-state index is 0.123. The number of nitrogens with zero attached hydrogens (tertiary/aromatic N) is 1. The number of hydrogen-bond donors (Lipinski definition) is 1. The minimum Gasteiger partial charge on any atom is -0.379 e. The highest BCUT2D eigenvalue weighted by atomic mass is 16.6. The lowest BCUT2D eigenvalue weighted by molar-refractivity contribution is -0.384. The zero-order valence-corrected chi connectivity index (χ0v) is 9.10. The number of nitro groups is 1. The predicted octanol–water partition coefficient (Wildman–Crippen LogP) is 2.10. The van der Waals surface area contributed by atoms with Crippen LogP contribution in [0.1, 0.15) is 12.0 Å². The van der Waals surface area contributed by atoms with Gasteiger partial charge in [-0.15, -0.1) is 0 Å². The largest absolute Gasteiger partial charge is 0.379 e. The van der Waals surface area contributed by atoms with Crippen LogP contribution in [0.4, 0.5) is 11.4 Å². The molecule has 1 saturated heterocycles. The lowest BCUT2D eigenvalue weighted by Crippen LogP contribution is -2.19. The average molecular weight is 222 g/mol. The van der Waals surface area contributed by atoms with Crippen molar-refractivity contribution in [1.82, 2.24) is 0 Å². The molecule has 86 valence electrons. The van der Waals surface area contributed by atoms with Crippen LogP contribution < -0.4 is 5.32 Å². The zero-order chi connectivity index (χ0) is 11.5. The Balaban J connectivity index is 2.22. The van der Waals surface area contributed by atoms with Crippen molar-refractivity contribution < 1.29 is 9.66 Å². The Morgan fingerprint density at radius 3 is 3.00 bits per heavy atom. The molecule has 0 aliphatic carbocycles. The first-order chi connectivity index (χ1) is 7.66. The second kappa shape index (κ2) is 4.49. The highest BCUT2D eigenvalue weighted by molar-refractivity contribution is 5.63. The average Bonchev–Trinajstić information content (AvgIpc) is 2.70. The van der Waals surface area contributed by atoms with Crippen molar-refractivity contribution in [2.24, 2.45) is 0 Å². The van der Waals surface area contributed by atoms with Crippen LogP contribution in [0.2, 0.25) is 0 Å². The number of anilines is 1. The number of rotatable bonds is 3. The number of aryl methyl sites for hydroxylation is 1. The van der Waals surface area contributed by atoms with Crippen LogP contribution in [0, 0.1) is 17.0 Å². The first-order valence-electron chi connectivity index (χ1n) is 5.26. The van der Waals surface area contributed by atoms with Gasteiger partial charge in [0.25, 0.3) is 5.69 Å². The SMILES string of the molecule is Cc1ccc([N+](=O)[O-])c(NC2CCOC2)c1. The molecule has 1 N–H and O–H groups in total. The van der Waals surface area contributed by atoms with E-state index in [0.29, 0.717) is 12.3 Å². The van der Waals surface area contributed by atoms with Crippen LogP contribution in [0.3, 0.4) is 0 Å². The Bertz CT molecular complexity index is 400. The van der Waals surface area contributed by atoms with E-state index < -0.39 is 0 Å². The van der Waals surface area contributed by atoms with Crippen LogP contribution in [0.15, 0.2) is 18.2 Å². The predicted molar refractivity (Wildman–Crippen MR) is 60.7 cm³/mol.